The van der Waals surface area contributed by atoms with E-state index < -0.39 is 11.7 Å². The van der Waals surface area contributed by atoms with Crippen LogP contribution in [0, 0.1) is 0 Å². The minimum Gasteiger partial charge on any atom is -0.369 e. The Hall–Kier alpha value is -2.67. The lowest BCUT2D eigenvalue weighted by molar-refractivity contribution is -0.137. The molecule has 0 saturated carbocycles. The first-order valence-electron chi connectivity index (χ1n) is 8.37. The first-order chi connectivity index (χ1) is 12.9. The second-order valence-electron chi connectivity index (χ2n) is 6.15. The van der Waals surface area contributed by atoms with Crippen LogP contribution in [-0.4, -0.2) is 18.3 Å². The summed E-state index contributed by atoms with van der Waals surface area (Å²) in [4.78, 5) is 6.96. The normalized spacial score (nSPS) is 15.1. The van der Waals surface area contributed by atoms with E-state index in [-0.39, 0.29) is 5.96 Å². The van der Waals surface area contributed by atoms with Crippen molar-refractivity contribution in [2.75, 3.05) is 17.2 Å². The molecule has 138 valence electrons. The molecule has 0 aromatic heterocycles. The second kappa shape index (κ2) is 6.81. The molecule has 27 heavy (non-hydrogen) atoms. The molecule has 3 nitrogen and oxygen atoms in total. The van der Waals surface area contributed by atoms with Crippen molar-refractivity contribution in [2.45, 2.75) is 11.1 Å². The highest BCUT2D eigenvalue weighted by Crippen LogP contribution is 2.39. The molecule has 0 amide bonds. The largest absolute Gasteiger partial charge is 0.416 e. The summed E-state index contributed by atoms with van der Waals surface area (Å²) >= 11 is 1.52. The van der Waals surface area contributed by atoms with Crippen LogP contribution < -0.4 is 10.6 Å². The first kappa shape index (κ1) is 17.7. The first-order valence-corrected chi connectivity index (χ1v) is 9.35. The third-order valence-electron chi connectivity index (χ3n) is 4.43. The zero-order valence-electron chi connectivity index (χ0n) is 14.2. The standard InChI is InChI=1S/C20H16F3N3S/c21-20(22,23)14-8-9-18-17(12-14)26(10-11-27-18)19(24)25-16-7-3-5-13-4-1-2-6-15(13)16/h1-9,12H,10-11H2,(H2,24,25). The Morgan fingerprint density at radius 2 is 1.81 bits per heavy atom. The van der Waals surface area contributed by atoms with Gasteiger partial charge in [0.05, 0.1) is 16.9 Å². The number of aliphatic imine (C=N–C) groups is 1. The number of halogens is 3. The molecule has 1 aliphatic heterocycles. The van der Waals surface area contributed by atoms with Gasteiger partial charge in [0.1, 0.15) is 0 Å². The Morgan fingerprint density at radius 1 is 1.04 bits per heavy atom. The summed E-state index contributed by atoms with van der Waals surface area (Å²) in [6.07, 6.45) is -4.40. The van der Waals surface area contributed by atoms with E-state index in [1.807, 2.05) is 42.5 Å². The number of rotatable bonds is 1. The molecule has 0 radical (unpaired) electrons. The molecule has 0 saturated heterocycles. The number of thioether (sulfide) groups is 1. The molecule has 0 unspecified atom stereocenters. The van der Waals surface area contributed by atoms with E-state index in [0.717, 1.165) is 33.6 Å². The molecule has 4 rings (SSSR count). The zero-order valence-corrected chi connectivity index (χ0v) is 15.0. The summed E-state index contributed by atoms with van der Waals surface area (Å²) in [6.45, 7) is 0.499. The van der Waals surface area contributed by atoms with Gasteiger partial charge in [-0.15, -0.1) is 11.8 Å². The maximum absolute atomic E-state index is 13.1. The monoisotopic (exact) mass is 387 g/mol. The van der Waals surface area contributed by atoms with Gasteiger partial charge in [-0.25, -0.2) is 4.99 Å². The van der Waals surface area contributed by atoms with Gasteiger partial charge in [-0.2, -0.15) is 13.2 Å². The Bertz CT molecular complexity index is 1030. The van der Waals surface area contributed by atoms with Gasteiger partial charge in [-0.05, 0) is 29.7 Å². The Morgan fingerprint density at radius 3 is 2.63 bits per heavy atom. The van der Waals surface area contributed by atoms with E-state index in [1.54, 1.807) is 4.90 Å². The van der Waals surface area contributed by atoms with Crippen molar-refractivity contribution in [3.63, 3.8) is 0 Å². The van der Waals surface area contributed by atoms with Crippen LogP contribution in [0.15, 0.2) is 70.6 Å². The molecule has 0 atom stereocenters. The van der Waals surface area contributed by atoms with E-state index in [9.17, 15) is 13.2 Å². The molecule has 1 heterocycles. The molecule has 2 N–H and O–H groups in total. The SMILES string of the molecule is NC(=Nc1cccc2ccccc12)N1CCSc2ccc(C(F)(F)F)cc21. The van der Waals surface area contributed by atoms with Crippen LogP contribution in [0.3, 0.4) is 0 Å². The van der Waals surface area contributed by atoms with Gasteiger partial charge in [0.25, 0.3) is 0 Å². The number of hydrogen-bond donors (Lipinski definition) is 1. The topological polar surface area (TPSA) is 41.6 Å². The van der Waals surface area contributed by atoms with Gasteiger partial charge >= 0.3 is 6.18 Å². The number of nitrogens with zero attached hydrogens (tertiary/aromatic N) is 2. The number of benzene rings is 3. The van der Waals surface area contributed by atoms with Crippen molar-refractivity contribution in [2.24, 2.45) is 10.7 Å². The lowest BCUT2D eigenvalue weighted by Gasteiger charge is -2.30. The van der Waals surface area contributed by atoms with E-state index in [4.69, 9.17) is 5.73 Å². The molecule has 7 heteroatoms. The van der Waals surface area contributed by atoms with Crippen molar-refractivity contribution >= 4 is 39.9 Å². The molecule has 3 aromatic rings. The van der Waals surface area contributed by atoms with Crippen LogP contribution in [0.4, 0.5) is 24.5 Å². The fraction of sp³-hybridized carbons (Fsp3) is 0.150. The second-order valence-corrected chi connectivity index (χ2v) is 7.29. The highest BCUT2D eigenvalue weighted by Gasteiger charge is 2.32. The van der Waals surface area contributed by atoms with Gasteiger partial charge in [-0.3, -0.25) is 0 Å². The van der Waals surface area contributed by atoms with Crippen molar-refractivity contribution in [1.82, 2.24) is 0 Å². The van der Waals surface area contributed by atoms with Gasteiger partial charge in [0, 0.05) is 22.6 Å². The molecule has 0 fully saturated rings. The zero-order chi connectivity index (χ0) is 19.0. The summed E-state index contributed by atoms with van der Waals surface area (Å²) in [7, 11) is 0. The summed E-state index contributed by atoms with van der Waals surface area (Å²) in [5.41, 5.74) is 6.68. The van der Waals surface area contributed by atoms with E-state index >= 15 is 0 Å². The van der Waals surface area contributed by atoms with Crippen LogP contribution in [0.2, 0.25) is 0 Å². The lowest BCUT2D eigenvalue weighted by atomic mass is 10.1. The fourth-order valence-electron chi connectivity index (χ4n) is 3.12. The highest BCUT2D eigenvalue weighted by molar-refractivity contribution is 7.99. The van der Waals surface area contributed by atoms with Crippen LogP contribution in [0.1, 0.15) is 5.56 Å². The quantitative estimate of drug-likeness (QED) is 0.448. The third kappa shape index (κ3) is 3.47. The molecule has 1 aliphatic rings. The number of nitrogens with two attached hydrogens (primary N) is 1. The summed E-state index contributed by atoms with van der Waals surface area (Å²) in [6, 6.07) is 17.2. The molecule has 0 aliphatic carbocycles. The van der Waals surface area contributed by atoms with Crippen molar-refractivity contribution < 1.29 is 13.2 Å². The molecular weight excluding hydrogens is 371 g/mol. The number of hydrogen-bond acceptors (Lipinski definition) is 2. The predicted molar refractivity (Wildman–Crippen MR) is 105 cm³/mol. The predicted octanol–water partition coefficient (Wildman–Crippen LogP) is 5.42. The number of guanidine groups is 1. The average molecular weight is 387 g/mol. The van der Waals surface area contributed by atoms with Crippen LogP contribution in [0.5, 0.6) is 0 Å². The molecule has 0 bridgehead atoms. The van der Waals surface area contributed by atoms with E-state index in [0.29, 0.717) is 17.9 Å². The maximum Gasteiger partial charge on any atom is 0.416 e. The summed E-state index contributed by atoms with van der Waals surface area (Å²) in [5, 5.41) is 1.97. The van der Waals surface area contributed by atoms with Gasteiger partial charge in [0.15, 0.2) is 0 Å². The van der Waals surface area contributed by atoms with Gasteiger partial charge < -0.3 is 10.6 Å². The van der Waals surface area contributed by atoms with Gasteiger partial charge in [-0.1, -0.05) is 36.4 Å². The van der Waals surface area contributed by atoms with Crippen molar-refractivity contribution in [3.8, 4) is 0 Å². The smallest absolute Gasteiger partial charge is 0.369 e. The number of alkyl halides is 3. The lowest BCUT2D eigenvalue weighted by Crippen LogP contribution is -2.40. The van der Waals surface area contributed by atoms with Crippen LogP contribution >= 0.6 is 11.8 Å². The molecular formula is C20H16F3N3S. The average Bonchev–Trinajstić information content (AvgIpc) is 2.66. The van der Waals surface area contributed by atoms with Crippen molar-refractivity contribution in [1.29, 1.82) is 0 Å². The highest BCUT2D eigenvalue weighted by atomic mass is 32.2. The number of fused-ring (bicyclic) bond motifs is 2. The fourth-order valence-corrected chi connectivity index (χ4v) is 4.10. The van der Waals surface area contributed by atoms with Crippen LogP contribution in [0.25, 0.3) is 10.8 Å². The Balaban J connectivity index is 1.77. The Kier molecular flexibility index (Phi) is 4.47. The molecule has 0 spiro atoms. The summed E-state index contributed by atoms with van der Waals surface area (Å²) < 4.78 is 39.4. The maximum atomic E-state index is 13.1. The molecule has 3 aromatic carbocycles. The summed E-state index contributed by atoms with van der Waals surface area (Å²) in [5.74, 6) is 0.914. The van der Waals surface area contributed by atoms with E-state index in [2.05, 4.69) is 4.99 Å². The minimum atomic E-state index is -4.40. The van der Waals surface area contributed by atoms with Crippen LogP contribution in [-0.2, 0) is 6.18 Å². The van der Waals surface area contributed by atoms with Gasteiger partial charge in [0.2, 0.25) is 5.96 Å². The Labute approximate surface area is 158 Å². The van der Waals surface area contributed by atoms with Crippen molar-refractivity contribution in [3.05, 3.63) is 66.2 Å². The third-order valence-corrected chi connectivity index (χ3v) is 5.47. The number of anilines is 1. The van der Waals surface area contributed by atoms with E-state index in [1.165, 1.54) is 17.8 Å². The minimum absolute atomic E-state index is 0.187.